The monoisotopic (exact) mass is 415 g/mol. The summed E-state index contributed by atoms with van der Waals surface area (Å²) >= 11 is 0. The largest absolute Gasteiger partial charge is 0.273 e. The molecule has 0 saturated carbocycles. The minimum atomic E-state index is -3.58. The van der Waals surface area contributed by atoms with Crippen molar-refractivity contribution >= 4 is 21.8 Å². The highest BCUT2D eigenvalue weighted by molar-refractivity contribution is 7.89. The van der Waals surface area contributed by atoms with Crippen LogP contribution in [0.5, 0.6) is 0 Å². The summed E-state index contributed by atoms with van der Waals surface area (Å²) in [6, 6.07) is 13.7. The maximum atomic E-state index is 12.9. The van der Waals surface area contributed by atoms with Gasteiger partial charge in [-0.3, -0.25) is 20.4 Å². The van der Waals surface area contributed by atoms with Gasteiger partial charge in [0.15, 0.2) is 0 Å². The van der Waals surface area contributed by atoms with Crippen LogP contribution in [-0.4, -0.2) is 37.6 Å². The Bertz CT molecular complexity index is 998. The first-order chi connectivity index (χ1) is 13.8. The van der Waals surface area contributed by atoms with E-state index in [0.717, 1.165) is 11.1 Å². The predicted molar refractivity (Wildman–Crippen MR) is 109 cm³/mol. The molecule has 2 aromatic carbocycles. The second-order valence-corrected chi connectivity index (χ2v) is 9.17. The van der Waals surface area contributed by atoms with Gasteiger partial charge in [-0.05, 0) is 62.1 Å². The number of hydrogen-bond donors (Lipinski definition) is 2. The lowest BCUT2D eigenvalue weighted by Gasteiger charge is -2.30. The van der Waals surface area contributed by atoms with Gasteiger partial charge in [0.25, 0.3) is 5.91 Å². The molecule has 0 aliphatic carbocycles. The zero-order valence-corrected chi connectivity index (χ0v) is 17.3. The number of rotatable bonds is 4. The van der Waals surface area contributed by atoms with Crippen LogP contribution in [-0.2, 0) is 14.8 Å². The molecular formula is C21H25N3O4S. The van der Waals surface area contributed by atoms with Crippen molar-refractivity contribution in [3.63, 3.8) is 0 Å². The molecule has 2 aromatic rings. The van der Waals surface area contributed by atoms with E-state index in [1.165, 1.54) is 4.31 Å². The van der Waals surface area contributed by atoms with Gasteiger partial charge in [-0.2, -0.15) is 4.31 Å². The lowest BCUT2D eigenvalue weighted by molar-refractivity contribution is -0.126. The standard InChI is InChI=1S/C21H25N3O4S/c1-15-8-9-19(14-16(15)2)29(27,28)24-12-10-18(11-13-24)21(26)23-22-20(25)17-6-4-3-5-7-17/h3-9,14,18H,10-13H2,1-2H3,(H,22,25)(H,23,26). The van der Waals surface area contributed by atoms with Crippen LogP contribution in [0.1, 0.15) is 34.3 Å². The highest BCUT2D eigenvalue weighted by Gasteiger charge is 2.32. The number of hydrazine groups is 1. The zero-order chi connectivity index (χ0) is 21.0. The molecule has 1 fully saturated rings. The van der Waals surface area contributed by atoms with Crippen molar-refractivity contribution in [3.8, 4) is 0 Å². The van der Waals surface area contributed by atoms with Gasteiger partial charge in [0.2, 0.25) is 15.9 Å². The molecule has 2 amide bonds. The number of nitrogens with one attached hydrogen (secondary N) is 2. The fourth-order valence-corrected chi connectivity index (χ4v) is 4.82. The molecule has 1 aliphatic rings. The summed E-state index contributed by atoms with van der Waals surface area (Å²) in [6.07, 6.45) is 0.800. The van der Waals surface area contributed by atoms with Gasteiger partial charge in [-0.1, -0.05) is 24.3 Å². The molecule has 7 nitrogen and oxygen atoms in total. The van der Waals surface area contributed by atoms with Gasteiger partial charge in [-0.25, -0.2) is 8.42 Å². The van der Waals surface area contributed by atoms with Crippen LogP contribution < -0.4 is 10.9 Å². The van der Waals surface area contributed by atoms with Gasteiger partial charge in [-0.15, -0.1) is 0 Å². The molecule has 1 aliphatic heterocycles. The van der Waals surface area contributed by atoms with Crippen LogP contribution in [0.15, 0.2) is 53.4 Å². The number of aryl methyl sites for hydroxylation is 2. The third-order valence-electron chi connectivity index (χ3n) is 5.28. The van der Waals surface area contributed by atoms with Crippen molar-refractivity contribution in [2.45, 2.75) is 31.6 Å². The number of benzene rings is 2. The Hall–Kier alpha value is -2.71. The Morgan fingerprint density at radius 3 is 2.21 bits per heavy atom. The molecule has 0 bridgehead atoms. The molecule has 0 unspecified atom stereocenters. The molecule has 8 heteroatoms. The van der Waals surface area contributed by atoms with Crippen LogP contribution >= 0.6 is 0 Å². The number of nitrogens with zero attached hydrogens (tertiary/aromatic N) is 1. The number of piperidine rings is 1. The SMILES string of the molecule is Cc1ccc(S(=O)(=O)N2CCC(C(=O)NNC(=O)c3ccccc3)CC2)cc1C. The second kappa shape index (κ2) is 8.75. The van der Waals surface area contributed by atoms with Crippen LogP contribution in [0.4, 0.5) is 0 Å². The fraction of sp³-hybridized carbons (Fsp3) is 0.333. The fourth-order valence-electron chi connectivity index (χ4n) is 3.26. The van der Waals surface area contributed by atoms with Gasteiger partial charge in [0.05, 0.1) is 4.90 Å². The van der Waals surface area contributed by atoms with E-state index in [1.807, 2.05) is 13.8 Å². The highest BCUT2D eigenvalue weighted by atomic mass is 32.2. The molecule has 0 radical (unpaired) electrons. The van der Waals surface area contributed by atoms with E-state index in [2.05, 4.69) is 10.9 Å². The van der Waals surface area contributed by atoms with Gasteiger partial charge in [0, 0.05) is 24.6 Å². The van der Waals surface area contributed by atoms with Gasteiger partial charge >= 0.3 is 0 Å². The Morgan fingerprint density at radius 2 is 1.59 bits per heavy atom. The minimum absolute atomic E-state index is 0.264. The van der Waals surface area contributed by atoms with Crippen molar-refractivity contribution in [1.29, 1.82) is 0 Å². The molecule has 1 heterocycles. The van der Waals surface area contributed by atoms with E-state index >= 15 is 0 Å². The Labute approximate surface area is 171 Å². The van der Waals surface area contributed by atoms with Gasteiger partial charge < -0.3 is 0 Å². The topological polar surface area (TPSA) is 95.6 Å². The van der Waals surface area contributed by atoms with Crippen LogP contribution in [0.25, 0.3) is 0 Å². The van der Waals surface area contributed by atoms with Crippen molar-refractivity contribution < 1.29 is 18.0 Å². The number of hydrogen-bond acceptors (Lipinski definition) is 4. The number of amides is 2. The molecule has 0 spiro atoms. The summed E-state index contributed by atoms with van der Waals surface area (Å²) in [5.41, 5.74) is 7.26. The van der Waals surface area contributed by atoms with Crippen molar-refractivity contribution in [2.24, 2.45) is 5.92 Å². The molecule has 29 heavy (non-hydrogen) atoms. The van der Waals surface area contributed by atoms with E-state index in [1.54, 1.807) is 48.5 Å². The quantitative estimate of drug-likeness (QED) is 0.748. The van der Waals surface area contributed by atoms with Crippen LogP contribution in [0.3, 0.4) is 0 Å². The third-order valence-corrected chi connectivity index (χ3v) is 7.17. The summed E-state index contributed by atoms with van der Waals surface area (Å²) in [7, 11) is -3.58. The molecule has 3 rings (SSSR count). The highest BCUT2D eigenvalue weighted by Crippen LogP contribution is 2.25. The molecule has 1 saturated heterocycles. The van der Waals surface area contributed by atoms with E-state index in [0.29, 0.717) is 18.4 Å². The minimum Gasteiger partial charge on any atom is -0.273 e. The summed E-state index contributed by atoms with van der Waals surface area (Å²) in [5, 5.41) is 0. The molecular weight excluding hydrogens is 390 g/mol. The van der Waals surface area contributed by atoms with E-state index < -0.39 is 15.9 Å². The van der Waals surface area contributed by atoms with Crippen LogP contribution in [0, 0.1) is 19.8 Å². The predicted octanol–water partition coefficient (Wildman–Crippen LogP) is 2.17. The first-order valence-electron chi connectivity index (χ1n) is 9.51. The summed E-state index contributed by atoms with van der Waals surface area (Å²) in [5.74, 6) is -1.05. The van der Waals surface area contributed by atoms with E-state index in [9.17, 15) is 18.0 Å². The Kier molecular flexibility index (Phi) is 6.34. The van der Waals surface area contributed by atoms with E-state index in [-0.39, 0.29) is 29.8 Å². The average molecular weight is 416 g/mol. The zero-order valence-electron chi connectivity index (χ0n) is 16.5. The first kappa shape index (κ1) is 21.0. The first-order valence-corrected chi connectivity index (χ1v) is 11.0. The maximum absolute atomic E-state index is 12.9. The van der Waals surface area contributed by atoms with Gasteiger partial charge in [0.1, 0.15) is 0 Å². The van der Waals surface area contributed by atoms with Crippen LogP contribution in [0.2, 0.25) is 0 Å². The van der Waals surface area contributed by atoms with E-state index in [4.69, 9.17) is 0 Å². The summed E-state index contributed by atoms with van der Waals surface area (Å²) < 4.78 is 27.2. The molecule has 154 valence electrons. The second-order valence-electron chi connectivity index (χ2n) is 7.23. The maximum Gasteiger partial charge on any atom is 0.269 e. The normalized spacial score (nSPS) is 15.7. The average Bonchev–Trinajstić information content (AvgIpc) is 2.74. The smallest absolute Gasteiger partial charge is 0.269 e. The lowest BCUT2D eigenvalue weighted by atomic mass is 9.98. The van der Waals surface area contributed by atoms with Crippen molar-refractivity contribution in [2.75, 3.05) is 13.1 Å². The van der Waals surface area contributed by atoms with Crippen molar-refractivity contribution in [1.82, 2.24) is 15.2 Å². The number of sulfonamides is 1. The number of carbonyl (C=O) groups is 2. The lowest BCUT2D eigenvalue weighted by Crippen LogP contribution is -2.48. The van der Waals surface area contributed by atoms with Crippen molar-refractivity contribution in [3.05, 3.63) is 65.2 Å². The number of carbonyl (C=O) groups excluding carboxylic acids is 2. The summed E-state index contributed by atoms with van der Waals surface area (Å²) in [6.45, 7) is 4.35. The summed E-state index contributed by atoms with van der Waals surface area (Å²) in [4.78, 5) is 24.6. The molecule has 0 aromatic heterocycles. The Morgan fingerprint density at radius 1 is 0.931 bits per heavy atom. The molecule has 2 N–H and O–H groups in total. The third kappa shape index (κ3) is 4.83. The Balaban J connectivity index is 1.55. The molecule has 0 atom stereocenters.